The molecule has 0 aliphatic heterocycles. The van der Waals surface area contributed by atoms with Crippen LogP contribution >= 0.6 is 0 Å². The smallest absolute Gasteiger partial charge is 0.315 e. The Labute approximate surface area is 161 Å². The van der Waals surface area contributed by atoms with Crippen LogP contribution in [-0.4, -0.2) is 17.7 Å². The third-order valence-electron chi connectivity index (χ3n) is 4.75. The number of hydrogen-bond donors (Lipinski definition) is 3. The highest BCUT2D eigenvalue weighted by Gasteiger charge is 2.36. The number of furan rings is 2. The number of aliphatic hydroxyl groups is 1. The molecular weight excluding hydrogens is 356 g/mol. The third kappa shape index (κ3) is 3.50. The first-order valence-corrected chi connectivity index (χ1v) is 8.94. The zero-order valence-electron chi connectivity index (χ0n) is 15.1. The van der Waals surface area contributed by atoms with Crippen molar-refractivity contribution in [3.8, 4) is 0 Å². The first kappa shape index (κ1) is 17.9. The molecule has 0 unspecified atom stereocenters. The molecular formula is C22H20N2O4. The lowest BCUT2D eigenvalue weighted by Gasteiger charge is -2.25. The molecule has 4 rings (SSSR count). The van der Waals surface area contributed by atoms with E-state index in [-0.39, 0.29) is 12.6 Å². The summed E-state index contributed by atoms with van der Waals surface area (Å²) in [4.78, 5) is 12.4. The zero-order chi connectivity index (χ0) is 19.4. The minimum atomic E-state index is -1.52. The number of fused-ring (bicyclic) bond motifs is 1. The summed E-state index contributed by atoms with van der Waals surface area (Å²) in [5.74, 6) is 0.322. The summed E-state index contributed by atoms with van der Waals surface area (Å²) in [5, 5.41) is 18.9. The molecule has 0 saturated heterocycles. The van der Waals surface area contributed by atoms with Crippen LogP contribution in [0.25, 0.3) is 10.8 Å². The Morgan fingerprint density at radius 1 is 0.964 bits per heavy atom. The number of rotatable bonds is 6. The number of carbonyl (C=O) groups excluding carboxylic acids is 1. The topological polar surface area (TPSA) is 87.6 Å². The van der Waals surface area contributed by atoms with Crippen molar-refractivity contribution in [2.75, 3.05) is 6.54 Å². The summed E-state index contributed by atoms with van der Waals surface area (Å²) in [6.45, 7) is 0.305. The standard InChI is InChI=1S/C22H20N2O4/c25-21(23-13-17-7-3-6-16-5-1-2-8-19(16)17)24-15-22(26,18-10-12-27-14-18)20-9-4-11-28-20/h1-12,14,26H,13,15H2,(H2,23,24,25)/t22-/m0/s1. The molecule has 0 bridgehead atoms. The molecule has 0 aliphatic carbocycles. The molecule has 0 fully saturated rings. The number of carbonyl (C=O) groups is 1. The van der Waals surface area contributed by atoms with Crippen LogP contribution < -0.4 is 10.6 Å². The van der Waals surface area contributed by atoms with E-state index in [2.05, 4.69) is 10.6 Å². The van der Waals surface area contributed by atoms with E-state index in [0.29, 0.717) is 17.9 Å². The molecule has 6 nitrogen and oxygen atoms in total. The van der Waals surface area contributed by atoms with Gasteiger partial charge in [-0.15, -0.1) is 0 Å². The first-order chi connectivity index (χ1) is 13.7. The molecule has 4 aromatic rings. The Kier molecular flexibility index (Phi) is 4.87. The van der Waals surface area contributed by atoms with Gasteiger partial charge < -0.3 is 24.6 Å². The van der Waals surface area contributed by atoms with E-state index in [1.165, 1.54) is 18.8 Å². The normalized spacial score (nSPS) is 13.2. The van der Waals surface area contributed by atoms with Crippen LogP contribution in [0.1, 0.15) is 16.9 Å². The van der Waals surface area contributed by atoms with Gasteiger partial charge in [-0.2, -0.15) is 0 Å². The molecule has 0 spiro atoms. The highest BCUT2D eigenvalue weighted by molar-refractivity contribution is 5.86. The van der Waals surface area contributed by atoms with E-state index in [0.717, 1.165) is 16.3 Å². The van der Waals surface area contributed by atoms with Gasteiger partial charge in [-0.3, -0.25) is 0 Å². The van der Waals surface area contributed by atoms with Gasteiger partial charge in [0, 0.05) is 12.1 Å². The average molecular weight is 376 g/mol. The molecule has 0 radical (unpaired) electrons. The first-order valence-electron chi connectivity index (χ1n) is 8.94. The van der Waals surface area contributed by atoms with Gasteiger partial charge in [-0.1, -0.05) is 42.5 Å². The minimum Gasteiger partial charge on any atom is -0.472 e. The average Bonchev–Trinajstić information content (AvgIpc) is 3.45. The van der Waals surface area contributed by atoms with Crippen molar-refractivity contribution in [2.45, 2.75) is 12.1 Å². The van der Waals surface area contributed by atoms with Crippen molar-refractivity contribution < 1.29 is 18.7 Å². The lowest BCUT2D eigenvalue weighted by atomic mass is 9.93. The maximum atomic E-state index is 12.4. The minimum absolute atomic E-state index is 0.0680. The second kappa shape index (κ2) is 7.62. The summed E-state index contributed by atoms with van der Waals surface area (Å²) in [5.41, 5.74) is -0.00557. The van der Waals surface area contributed by atoms with Crippen molar-refractivity contribution in [3.63, 3.8) is 0 Å². The lowest BCUT2D eigenvalue weighted by Crippen LogP contribution is -2.45. The monoisotopic (exact) mass is 376 g/mol. The summed E-state index contributed by atoms with van der Waals surface area (Å²) >= 11 is 0. The number of nitrogens with one attached hydrogen (secondary N) is 2. The molecule has 0 saturated carbocycles. The molecule has 142 valence electrons. The van der Waals surface area contributed by atoms with Crippen molar-refractivity contribution in [1.82, 2.24) is 10.6 Å². The van der Waals surface area contributed by atoms with Crippen LogP contribution in [0.3, 0.4) is 0 Å². The van der Waals surface area contributed by atoms with E-state index in [1.54, 1.807) is 18.2 Å². The van der Waals surface area contributed by atoms with E-state index in [1.807, 2.05) is 42.5 Å². The molecule has 2 aromatic carbocycles. The number of hydrogen-bond acceptors (Lipinski definition) is 4. The third-order valence-corrected chi connectivity index (χ3v) is 4.75. The predicted molar refractivity (Wildman–Crippen MR) is 105 cm³/mol. The van der Waals surface area contributed by atoms with Gasteiger partial charge in [0.2, 0.25) is 0 Å². The molecule has 2 amide bonds. The molecule has 1 atom stereocenters. The van der Waals surface area contributed by atoms with E-state index in [9.17, 15) is 9.90 Å². The van der Waals surface area contributed by atoms with Crippen molar-refractivity contribution in [2.24, 2.45) is 0 Å². The van der Waals surface area contributed by atoms with Crippen molar-refractivity contribution >= 4 is 16.8 Å². The number of benzene rings is 2. The van der Waals surface area contributed by atoms with E-state index >= 15 is 0 Å². The largest absolute Gasteiger partial charge is 0.472 e. The van der Waals surface area contributed by atoms with Gasteiger partial charge >= 0.3 is 6.03 Å². The Morgan fingerprint density at radius 3 is 2.61 bits per heavy atom. The SMILES string of the molecule is O=C(NCc1cccc2ccccc12)NC[C@](O)(c1ccoc1)c1ccco1. The van der Waals surface area contributed by atoms with Gasteiger partial charge in [0.05, 0.1) is 25.3 Å². The maximum absolute atomic E-state index is 12.4. The maximum Gasteiger partial charge on any atom is 0.315 e. The predicted octanol–water partition coefficient (Wildman–Crippen LogP) is 3.76. The molecule has 3 N–H and O–H groups in total. The molecule has 28 heavy (non-hydrogen) atoms. The lowest BCUT2D eigenvalue weighted by molar-refractivity contribution is 0.0581. The Hall–Kier alpha value is -3.51. The molecule has 0 aliphatic rings. The van der Waals surface area contributed by atoms with Gasteiger partial charge in [0.1, 0.15) is 5.76 Å². The van der Waals surface area contributed by atoms with E-state index in [4.69, 9.17) is 8.83 Å². The fourth-order valence-electron chi connectivity index (χ4n) is 3.24. The highest BCUT2D eigenvalue weighted by atomic mass is 16.4. The van der Waals surface area contributed by atoms with Crippen molar-refractivity contribution in [1.29, 1.82) is 0 Å². The van der Waals surface area contributed by atoms with Crippen LogP contribution in [0, 0.1) is 0 Å². The van der Waals surface area contributed by atoms with Gasteiger partial charge in [0.25, 0.3) is 0 Å². The Balaban J connectivity index is 1.43. The van der Waals surface area contributed by atoms with E-state index < -0.39 is 5.60 Å². The number of amides is 2. The quantitative estimate of drug-likeness (QED) is 0.478. The molecule has 2 heterocycles. The summed E-state index contributed by atoms with van der Waals surface area (Å²) < 4.78 is 10.5. The van der Waals surface area contributed by atoms with Crippen LogP contribution in [-0.2, 0) is 12.1 Å². The number of urea groups is 1. The fourth-order valence-corrected chi connectivity index (χ4v) is 3.24. The van der Waals surface area contributed by atoms with Gasteiger partial charge in [0.15, 0.2) is 5.60 Å². The van der Waals surface area contributed by atoms with Crippen LogP contribution in [0.5, 0.6) is 0 Å². The van der Waals surface area contributed by atoms with Crippen LogP contribution in [0.4, 0.5) is 4.79 Å². The zero-order valence-corrected chi connectivity index (χ0v) is 15.1. The van der Waals surface area contributed by atoms with Gasteiger partial charge in [-0.05, 0) is 34.5 Å². The second-order valence-corrected chi connectivity index (χ2v) is 6.52. The molecule has 6 heteroatoms. The van der Waals surface area contributed by atoms with Crippen molar-refractivity contribution in [3.05, 3.63) is 96.3 Å². The fraction of sp³-hybridized carbons (Fsp3) is 0.136. The summed E-state index contributed by atoms with van der Waals surface area (Å²) in [7, 11) is 0. The van der Waals surface area contributed by atoms with Gasteiger partial charge in [-0.25, -0.2) is 4.79 Å². The molecule has 2 aromatic heterocycles. The highest BCUT2D eigenvalue weighted by Crippen LogP contribution is 2.29. The summed E-state index contributed by atoms with van der Waals surface area (Å²) in [6, 6.07) is 18.6. The summed E-state index contributed by atoms with van der Waals surface area (Å²) in [6.07, 6.45) is 4.36. The Morgan fingerprint density at radius 2 is 1.82 bits per heavy atom. The van der Waals surface area contributed by atoms with Crippen LogP contribution in [0.15, 0.2) is 88.3 Å². The second-order valence-electron chi connectivity index (χ2n) is 6.52. The van der Waals surface area contributed by atoms with Crippen LogP contribution in [0.2, 0.25) is 0 Å². The Bertz CT molecular complexity index is 1020.